The van der Waals surface area contributed by atoms with E-state index in [1.165, 1.54) is 42.5 Å². The zero-order valence-electron chi connectivity index (χ0n) is 10.9. The van der Waals surface area contributed by atoms with Crippen LogP contribution in [0, 0.1) is 23.0 Å². The molecular formula is C15H8ClF2NO2S. The fraction of sp³-hybridized carbons (Fsp3) is 0. The van der Waals surface area contributed by atoms with Gasteiger partial charge in [-0.3, -0.25) is 0 Å². The summed E-state index contributed by atoms with van der Waals surface area (Å²) in [6.07, 6.45) is 0.794. The van der Waals surface area contributed by atoms with Crippen molar-refractivity contribution in [1.29, 1.82) is 5.26 Å². The minimum atomic E-state index is -4.14. The van der Waals surface area contributed by atoms with Crippen molar-refractivity contribution in [2.24, 2.45) is 0 Å². The standard InChI is InChI=1S/C15H8ClF2NO2S/c16-11-4-6-12(7-5-11)22(20,21)13(9-19)8-10-2-1-3-14(17)15(10)18/h1-8H. The lowest BCUT2D eigenvalue weighted by Gasteiger charge is -2.04. The van der Waals surface area contributed by atoms with E-state index in [2.05, 4.69) is 0 Å². The van der Waals surface area contributed by atoms with Crippen LogP contribution >= 0.6 is 11.6 Å². The fourth-order valence-electron chi connectivity index (χ4n) is 1.68. The number of allylic oxidation sites excluding steroid dienone is 1. The number of hydrogen-bond acceptors (Lipinski definition) is 3. The molecule has 3 nitrogen and oxygen atoms in total. The minimum absolute atomic E-state index is 0.165. The zero-order valence-corrected chi connectivity index (χ0v) is 12.5. The van der Waals surface area contributed by atoms with Gasteiger partial charge >= 0.3 is 0 Å². The third-order valence-corrected chi connectivity index (χ3v) is 4.72. The van der Waals surface area contributed by atoms with E-state index in [1.54, 1.807) is 0 Å². The number of nitrogens with zero attached hydrogens (tertiary/aromatic N) is 1. The minimum Gasteiger partial charge on any atom is -0.218 e. The Hall–Kier alpha value is -2.23. The van der Waals surface area contributed by atoms with E-state index in [4.69, 9.17) is 16.9 Å². The molecule has 0 fully saturated rings. The largest absolute Gasteiger partial charge is 0.218 e. The van der Waals surface area contributed by atoms with Gasteiger partial charge in [0, 0.05) is 10.6 Å². The normalized spacial score (nSPS) is 12.0. The van der Waals surface area contributed by atoms with E-state index in [-0.39, 0.29) is 10.5 Å². The Morgan fingerprint density at radius 2 is 1.77 bits per heavy atom. The van der Waals surface area contributed by atoms with Crippen molar-refractivity contribution in [2.45, 2.75) is 4.90 Å². The average molecular weight is 340 g/mol. The highest BCUT2D eigenvalue weighted by Gasteiger charge is 2.21. The first kappa shape index (κ1) is 16.1. The predicted octanol–water partition coefficient (Wildman–Crippen LogP) is 3.96. The van der Waals surface area contributed by atoms with Crippen LogP contribution in [0.15, 0.2) is 52.3 Å². The van der Waals surface area contributed by atoms with Gasteiger partial charge in [0.25, 0.3) is 0 Å². The first-order chi connectivity index (χ1) is 10.4. The van der Waals surface area contributed by atoms with Gasteiger partial charge < -0.3 is 0 Å². The molecular weight excluding hydrogens is 332 g/mol. The van der Waals surface area contributed by atoms with E-state index in [1.807, 2.05) is 0 Å². The molecule has 0 unspecified atom stereocenters. The molecule has 0 heterocycles. The molecule has 2 aromatic carbocycles. The van der Waals surface area contributed by atoms with Crippen molar-refractivity contribution < 1.29 is 17.2 Å². The van der Waals surface area contributed by atoms with Crippen LogP contribution in [0.25, 0.3) is 6.08 Å². The summed E-state index contributed by atoms with van der Waals surface area (Å²) < 4.78 is 51.4. The van der Waals surface area contributed by atoms with Crippen molar-refractivity contribution >= 4 is 27.5 Å². The summed E-state index contributed by atoms with van der Waals surface area (Å²) in [4.78, 5) is -0.860. The molecule has 0 spiro atoms. The quantitative estimate of drug-likeness (QED) is 0.795. The Bertz CT molecular complexity index is 885. The molecule has 0 aliphatic rings. The Balaban J connectivity index is 2.56. The SMILES string of the molecule is N#CC(=Cc1cccc(F)c1F)S(=O)(=O)c1ccc(Cl)cc1. The molecule has 0 bridgehead atoms. The van der Waals surface area contributed by atoms with Gasteiger partial charge in [0.15, 0.2) is 11.6 Å². The van der Waals surface area contributed by atoms with Crippen molar-refractivity contribution in [3.05, 3.63) is 69.6 Å². The molecule has 2 rings (SSSR count). The third kappa shape index (κ3) is 3.16. The van der Waals surface area contributed by atoms with E-state index in [0.717, 1.165) is 12.1 Å². The number of benzene rings is 2. The molecule has 0 saturated carbocycles. The van der Waals surface area contributed by atoms with Gasteiger partial charge in [0.1, 0.15) is 11.0 Å². The predicted molar refractivity (Wildman–Crippen MR) is 78.6 cm³/mol. The number of halogens is 3. The highest BCUT2D eigenvalue weighted by atomic mass is 35.5. The van der Waals surface area contributed by atoms with E-state index < -0.39 is 26.4 Å². The highest BCUT2D eigenvalue weighted by molar-refractivity contribution is 7.95. The van der Waals surface area contributed by atoms with Gasteiger partial charge in [0.05, 0.1) is 4.90 Å². The van der Waals surface area contributed by atoms with Gasteiger partial charge in [-0.05, 0) is 36.4 Å². The van der Waals surface area contributed by atoms with Crippen LogP contribution in [0.5, 0.6) is 0 Å². The molecule has 0 saturated heterocycles. The maximum atomic E-state index is 13.6. The summed E-state index contributed by atoms with van der Waals surface area (Å²) in [6, 6.07) is 9.95. The molecule has 22 heavy (non-hydrogen) atoms. The van der Waals surface area contributed by atoms with Crippen molar-refractivity contribution in [2.75, 3.05) is 0 Å². The number of nitriles is 1. The summed E-state index contributed by atoms with van der Waals surface area (Å²) in [7, 11) is -4.14. The zero-order chi connectivity index (χ0) is 16.3. The Morgan fingerprint density at radius 3 is 2.36 bits per heavy atom. The Morgan fingerprint density at radius 1 is 1.14 bits per heavy atom. The fourth-order valence-corrected chi connectivity index (χ4v) is 2.96. The first-order valence-corrected chi connectivity index (χ1v) is 7.79. The Labute approximate surface area is 131 Å². The van der Waals surface area contributed by atoms with Crippen LogP contribution in [-0.2, 0) is 9.84 Å². The summed E-state index contributed by atoms with van der Waals surface area (Å²) >= 11 is 5.68. The van der Waals surface area contributed by atoms with Crippen LogP contribution in [0.4, 0.5) is 8.78 Å². The monoisotopic (exact) mass is 339 g/mol. The number of sulfone groups is 1. The number of rotatable bonds is 3. The van der Waals surface area contributed by atoms with Crippen molar-refractivity contribution in [3.8, 4) is 6.07 Å². The highest BCUT2D eigenvalue weighted by Crippen LogP contribution is 2.24. The van der Waals surface area contributed by atoms with Crippen molar-refractivity contribution in [3.63, 3.8) is 0 Å². The molecule has 0 N–H and O–H groups in total. The second-order valence-corrected chi connectivity index (χ2v) is 6.58. The van der Waals surface area contributed by atoms with Gasteiger partial charge in [-0.2, -0.15) is 5.26 Å². The third-order valence-electron chi connectivity index (χ3n) is 2.79. The second kappa shape index (κ2) is 6.26. The summed E-state index contributed by atoms with van der Waals surface area (Å²) in [6.45, 7) is 0. The molecule has 112 valence electrons. The second-order valence-electron chi connectivity index (χ2n) is 4.22. The van der Waals surface area contributed by atoms with Crippen LogP contribution in [0.3, 0.4) is 0 Å². The number of hydrogen-bond donors (Lipinski definition) is 0. The lowest BCUT2D eigenvalue weighted by molar-refractivity contribution is 0.507. The molecule has 0 radical (unpaired) electrons. The summed E-state index contributed by atoms with van der Waals surface area (Å²) in [5.74, 6) is -2.35. The van der Waals surface area contributed by atoms with Crippen LogP contribution in [0.1, 0.15) is 5.56 Å². The van der Waals surface area contributed by atoms with E-state index in [9.17, 15) is 17.2 Å². The smallest absolute Gasteiger partial charge is 0.216 e. The van der Waals surface area contributed by atoms with Gasteiger partial charge in [-0.25, -0.2) is 17.2 Å². The molecule has 2 aromatic rings. The van der Waals surface area contributed by atoms with Crippen LogP contribution in [0.2, 0.25) is 5.02 Å². The van der Waals surface area contributed by atoms with Gasteiger partial charge in [-0.1, -0.05) is 23.7 Å². The first-order valence-electron chi connectivity index (χ1n) is 5.92. The van der Waals surface area contributed by atoms with Gasteiger partial charge in [-0.15, -0.1) is 0 Å². The summed E-state index contributed by atoms with van der Waals surface area (Å²) in [5.41, 5.74) is -0.325. The lowest BCUT2D eigenvalue weighted by atomic mass is 10.2. The van der Waals surface area contributed by atoms with Crippen LogP contribution < -0.4 is 0 Å². The maximum Gasteiger partial charge on any atom is 0.216 e. The molecule has 0 atom stereocenters. The molecule has 7 heteroatoms. The molecule has 0 aliphatic carbocycles. The lowest BCUT2D eigenvalue weighted by Crippen LogP contribution is -2.04. The van der Waals surface area contributed by atoms with Gasteiger partial charge in [0.2, 0.25) is 9.84 Å². The topological polar surface area (TPSA) is 57.9 Å². The van der Waals surface area contributed by atoms with Crippen LogP contribution in [-0.4, -0.2) is 8.42 Å². The average Bonchev–Trinajstić information content (AvgIpc) is 2.49. The van der Waals surface area contributed by atoms with Crippen molar-refractivity contribution in [1.82, 2.24) is 0 Å². The maximum absolute atomic E-state index is 13.6. The Kier molecular flexibility index (Phi) is 4.59. The molecule has 0 amide bonds. The van der Waals surface area contributed by atoms with E-state index in [0.29, 0.717) is 5.02 Å². The van der Waals surface area contributed by atoms with E-state index >= 15 is 0 Å². The molecule has 0 aliphatic heterocycles. The summed E-state index contributed by atoms with van der Waals surface area (Å²) in [5, 5.41) is 9.39. The molecule has 0 aromatic heterocycles.